The Bertz CT molecular complexity index is 337. The maximum absolute atomic E-state index is 4.09. The van der Waals surface area contributed by atoms with Gasteiger partial charge in [0.1, 0.15) is 5.82 Å². The lowest BCUT2D eigenvalue weighted by Crippen LogP contribution is -2.49. The average molecular weight is 235 g/mol. The third-order valence-electron chi connectivity index (χ3n) is 3.23. The van der Waals surface area contributed by atoms with Crippen molar-refractivity contribution in [2.75, 3.05) is 38.5 Å². The highest BCUT2D eigenvalue weighted by atomic mass is 15.2. The lowest BCUT2D eigenvalue weighted by molar-refractivity contribution is 0.194. The minimum Gasteiger partial charge on any atom is -0.369 e. The molecule has 17 heavy (non-hydrogen) atoms. The fourth-order valence-electron chi connectivity index (χ4n) is 2.05. The molecule has 1 aliphatic heterocycles. The van der Waals surface area contributed by atoms with Crippen LogP contribution in [0, 0.1) is 6.92 Å². The summed E-state index contributed by atoms with van der Waals surface area (Å²) in [5.41, 5.74) is 0.951. The van der Waals surface area contributed by atoms with Gasteiger partial charge in [-0.1, -0.05) is 0 Å². The topological polar surface area (TPSA) is 53.1 Å². The Morgan fingerprint density at radius 3 is 3.06 bits per heavy atom. The second-order valence-electron chi connectivity index (χ2n) is 4.61. The van der Waals surface area contributed by atoms with Crippen LogP contribution in [-0.4, -0.2) is 54.4 Å². The van der Waals surface area contributed by atoms with Crippen LogP contribution < -0.4 is 10.6 Å². The summed E-state index contributed by atoms with van der Waals surface area (Å²) in [5, 5.41) is 14.8. The monoisotopic (exact) mass is 235 g/mol. The summed E-state index contributed by atoms with van der Waals surface area (Å²) in [7, 11) is 2.19. The summed E-state index contributed by atoms with van der Waals surface area (Å²) < 4.78 is 0. The average Bonchev–Trinajstić information content (AvgIpc) is 2.34. The van der Waals surface area contributed by atoms with Gasteiger partial charge in [-0.15, -0.1) is 5.10 Å². The molecule has 0 saturated carbocycles. The zero-order valence-electron chi connectivity index (χ0n) is 10.6. The Labute approximate surface area is 103 Å². The van der Waals surface area contributed by atoms with Crippen LogP contribution in [0.5, 0.6) is 0 Å². The van der Waals surface area contributed by atoms with Crippen molar-refractivity contribution in [3.8, 4) is 0 Å². The Morgan fingerprint density at radius 2 is 2.35 bits per heavy atom. The summed E-state index contributed by atoms with van der Waals surface area (Å²) in [6.45, 7) is 6.20. The zero-order valence-corrected chi connectivity index (χ0v) is 10.6. The molecule has 0 aliphatic carbocycles. The molecule has 2 N–H and O–H groups in total. The highest BCUT2D eigenvalue weighted by Gasteiger charge is 2.17. The van der Waals surface area contributed by atoms with Crippen molar-refractivity contribution in [1.82, 2.24) is 20.4 Å². The van der Waals surface area contributed by atoms with Crippen LogP contribution in [0.3, 0.4) is 0 Å². The smallest absolute Gasteiger partial charge is 0.148 e. The van der Waals surface area contributed by atoms with Crippen molar-refractivity contribution in [2.24, 2.45) is 0 Å². The third kappa shape index (κ3) is 3.64. The molecule has 1 saturated heterocycles. The van der Waals surface area contributed by atoms with Gasteiger partial charge in [-0.3, -0.25) is 0 Å². The van der Waals surface area contributed by atoms with Crippen LogP contribution in [-0.2, 0) is 0 Å². The molecule has 0 aromatic carbocycles. The molecule has 1 aromatic rings. The van der Waals surface area contributed by atoms with E-state index in [0.717, 1.165) is 44.1 Å². The van der Waals surface area contributed by atoms with Crippen molar-refractivity contribution >= 4 is 5.82 Å². The molecule has 5 heteroatoms. The van der Waals surface area contributed by atoms with Gasteiger partial charge in [0, 0.05) is 32.2 Å². The number of likely N-dealkylation sites (N-methyl/N-ethyl adjacent to an activating group) is 1. The van der Waals surface area contributed by atoms with Crippen molar-refractivity contribution in [2.45, 2.75) is 19.4 Å². The van der Waals surface area contributed by atoms with Crippen LogP contribution >= 0.6 is 0 Å². The van der Waals surface area contributed by atoms with Gasteiger partial charge < -0.3 is 15.5 Å². The highest BCUT2D eigenvalue weighted by molar-refractivity contribution is 5.32. The van der Waals surface area contributed by atoms with Gasteiger partial charge in [-0.2, -0.15) is 5.10 Å². The van der Waals surface area contributed by atoms with Gasteiger partial charge in [0.2, 0.25) is 0 Å². The molecular formula is C12H21N5. The van der Waals surface area contributed by atoms with E-state index in [4.69, 9.17) is 0 Å². The Morgan fingerprint density at radius 1 is 1.47 bits per heavy atom. The van der Waals surface area contributed by atoms with Crippen LogP contribution in [0.4, 0.5) is 5.82 Å². The lowest BCUT2D eigenvalue weighted by atomic mass is 10.1. The third-order valence-corrected chi connectivity index (χ3v) is 3.23. The molecule has 0 spiro atoms. The minimum absolute atomic E-state index is 0.620. The fourth-order valence-corrected chi connectivity index (χ4v) is 2.05. The molecule has 0 amide bonds. The van der Waals surface area contributed by atoms with Crippen molar-refractivity contribution < 1.29 is 0 Å². The second-order valence-corrected chi connectivity index (χ2v) is 4.61. The lowest BCUT2D eigenvalue weighted by Gasteiger charge is -2.33. The first kappa shape index (κ1) is 12.3. The molecule has 2 rings (SSSR count). The quantitative estimate of drug-likeness (QED) is 0.795. The van der Waals surface area contributed by atoms with E-state index in [2.05, 4.69) is 32.8 Å². The van der Waals surface area contributed by atoms with Gasteiger partial charge in [0.15, 0.2) is 0 Å². The largest absolute Gasteiger partial charge is 0.369 e. The maximum atomic E-state index is 4.09. The van der Waals surface area contributed by atoms with E-state index >= 15 is 0 Å². The van der Waals surface area contributed by atoms with Gasteiger partial charge >= 0.3 is 0 Å². The molecule has 1 atom stereocenters. The van der Waals surface area contributed by atoms with E-state index in [9.17, 15) is 0 Å². The summed E-state index contributed by atoms with van der Waals surface area (Å²) in [6.07, 6.45) is 1.12. The van der Waals surface area contributed by atoms with Gasteiger partial charge in [0.05, 0.1) is 5.69 Å². The minimum atomic E-state index is 0.620. The zero-order chi connectivity index (χ0) is 12.1. The first-order valence-corrected chi connectivity index (χ1v) is 6.21. The van der Waals surface area contributed by atoms with Crippen molar-refractivity contribution in [3.05, 3.63) is 17.8 Å². The van der Waals surface area contributed by atoms with E-state index in [0.29, 0.717) is 6.04 Å². The number of hydrogen-bond acceptors (Lipinski definition) is 5. The molecule has 94 valence electrons. The molecule has 0 bridgehead atoms. The van der Waals surface area contributed by atoms with E-state index < -0.39 is 0 Å². The fraction of sp³-hybridized carbons (Fsp3) is 0.667. The standard InChI is InChI=1S/C12H21N5/c1-10-3-4-12(16-15-10)14-6-5-11-9-13-7-8-17(11)2/h3-4,11,13H,5-9H2,1-2H3,(H,14,16). The van der Waals surface area contributed by atoms with E-state index in [1.807, 2.05) is 19.1 Å². The predicted molar refractivity (Wildman–Crippen MR) is 69.2 cm³/mol. The predicted octanol–water partition coefficient (Wildman–Crippen LogP) is 0.491. The van der Waals surface area contributed by atoms with Crippen LogP contribution in [0.1, 0.15) is 12.1 Å². The van der Waals surface area contributed by atoms with Crippen LogP contribution in [0.2, 0.25) is 0 Å². The highest BCUT2D eigenvalue weighted by Crippen LogP contribution is 2.06. The Balaban J connectivity index is 1.73. The summed E-state index contributed by atoms with van der Waals surface area (Å²) in [6, 6.07) is 4.57. The molecule has 1 fully saturated rings. The van der Waals surface area contributed by atoms with E-state index in [-0.39, 0.29) is 0 Å². The van der Waals surface area contributed by atoms with E-state index in [1.165, 1.54) is 0 Å². The number of rotatable bonds is 4. The molecule has 5 nitrogen and oxygen atoms in total. The van der Waals surface area contributed by atoms with E-state index in [1.54, 1.807) is 0 Å². The van der Waals surface area contributed by atoms with Crippen molar-refractivity contribution in [1.29, 1.82) is 0 Å². The Hall–Kier alpha value is -1.20. The normalized spacial score (nSPS) is 21.4. The van der Waals surface area contributed by atoms with Crippen LogP contribution in [0.15, 0.2) is 12.1 Å². The SMILES string of the molecule is Cc1ccc(NCCC2CNCCN2C)nn1. The summed E-state index contributed by atoms with van der Waals surface area (Å²) in [5.74, 6) is 0.863. The number of hydrogen-bond donors (Lipinski definition) is 2. The summed E-state index contributed by atoms with van der Waals surface area (Å²) in [4.78, 5) is 2.42. The molecule has 1 aromatic heterocycles. The van der Waals surface area contributed by atoms with Crippen molar-refractivity contribution in [3.63, 3.8) is 0 Å². The molecule has 0 radical (unpaired) electrons. The number of aromatic nitrogens is 2. The number of piperazine rings is 1. The molecule has 1 unspecified atom stereocenters. The molecular weight excluding hydrogens is 214 g/mol. The number of aryl methyl sites for hydroxylation is 1. The second kappa shape index (κ2) is 5.93. The Kier molecular flexibility index (Phi) is 4.28. The summed E-state index contributed by atoms with van der Waals surface area (Å²) >= 11 is 0. The molecule has 2 heterocycles. The van der Waals surface area contributed by atoms with Gasteiger partial charge in [0.25, 0.3) is 0 Å². The first-order valence-electron chi connectivity index (χ1n) is 6.21. The number of nitrogens with one attached hydrogen (secondary N) is 2. The van der Waals surface area contributed by atoms with Gasteiger partial charge in [-0.25, -0.2) is 0 Å². The number of anilines is 1. The van der Waals surface area contributed by atoms with Gasteiger partial charge in [-0.05, 0) is 32.5 Å². The molecule has 1 aliphatic rings. The first-order chi connectivity index (χ1) is 8.25. The van der Waals surface area contributed by atoms with Crippen LogP contribution in [0.25, 0.3) is 0 Å². The maximum Gasteiger partial charge on any atom is 0.148 e. The number of nitrogens with zero attached hydrogens (tertiary/aromatic N) is 3.